The fourth-order valence-electron chi connectivity index (χ4n) is 2.17. The van der Waals surface area contributed by atoms with Gasteiger partial charge in [-0.1, -0.05) is 11.2 Å². The van der Waals surface area contributed by atoms with Crippen molar-refractivity contribution in [3.8, 4) is 0 Å². The number of amides is 4. The molecule has 8 nitrogen and oxygen atoms in total. The minimum absolute atomic E-state index is 0.137. The monoisotopic (exact) mass is 301 g/mol. The van der Waals surface area contributed by atoms with Crippen LogP contribution in [0.5, 0.6) is 0 Å². The summed E-state index contributed by atoms with van der Waals surface area (Å²) in [4.78, 5) is 25.2. The number of urea groups is 2. The van der Waals surface area contributed by atoms with Gasteiger partial charge in [-0.3, -0.25) is 4.90 Å². The third kappa shape index (κ3) is 2.85. The van der Waals surface area contributed by atoms with E-state index in [1.165, 1.54) is 6.20 Å². The topological polar surface area (TPSA) is 99.5 Å². The summed E-state index contributed by atoms with van der Waals surface area (Å²) < 4.78 is 4.87. The summed E-state index contributed by atoms with van der Waals surface area (Å²) in [6.07, 6.45) is 1.43. The zero-order valence-electron chi connectivity index (χ0n) is 11.9. The Bertz CT molecular complexity index is 712. The molecule has 1 fully saturated rings. The van der Waals surface area contributed by atoms with E-state index < -0.39 is 6.03 Å². The molecular formula is C14H15N5O3. The molecule has 8 heteroatoms. The summed E-state index contributed by atoms with van der Waals surface area (Å²) in [7, 11) is 0. The van der Waals surface area contributed by atoms with E-state index in [1.807, 2.05) is 6.07 Å². The van der Waals surface area contributed by atoms with Crippen LogP contribution in [0.25, 0.3) is 0 Å². The second kappa shape index (κ2) is 5.76. The van der Waals surface area contributed by atoms with Crippen LogP contribution in [-0.4, -0.2) is 30.3 Å². The Morgan fingerprint density at radius 3 is 2.95 bits per heavy atom. The number of hydrogen-bond donors (Lipinski definition) is 3. The molecule has 2 heterocycles. The quantitative estimate of drug-likeness (QED) is 0.808. The second-order valence-electron chi connectivity index (χ2n) is 4.81. The molecule has 1 saturated heterocycles. The summed E-state index contributed by atoms with van der Waals surface area (Å²) in [5, 5.41) is 11.7. The highest BCUT2D eigenvalue weighted by Crippen LogP contribution is 2.21. The predicted molar refractivity (Wildman–Crippen MR) is 81.1 cm³/mol. The first kappa shape index (κ1) is 13.9. The number of nitrogens with zero attached hydrogens (tertiary/aromatic N) is 2. The van der Waals surface area contributed by atoms with Crippen molar-refractivity contribution >= 4 is 29.1 Å². The van der Waals surface area contributed by atoms with E-state index >= 15 is 0 Å². The Labute approximate surface area is 126 Å². The van der Waals surface area contributed by atoms with E-state index in [-0.39, 0.29) is 6.03 Å². The number of hydrogen-bond acceptors (Lipinski definition) is 4. The van der Waals surface area contributed by atoms with Gasteiger partial charge in [0.25, 0.3) is 0 Å². The average Bonchev–Trinajstić information content (AvgIpc) is 3.08. The first-order valence-corrected chi connectivity index (χ1v) is 6.78. The number of carbonyl (C=O) groups excluding carboxylic acids is 2. The number of anilines is 3. The minimum Gasteiger partial charge on any atom is -0.359 e. The Morgan fingerprint density at radius 2 is 2.27 bits per heavy atom. The summed E-state index contributed by atoms with van der Waals surface area (Å²) in [5.74, 6) is 0.526. The Morgan fingerprint density at radius 1 is 1.41 bits per heavy atom. The van der Waals surface area contributed by atoms with Gasteiger partial charge in [-0.15, -0.1) is 0 Å². The molecule has 3 rings (SSSR count). The molecule has 0 unspecified atom stereocenters. The maximum atomic E-state index is 11.9. The fourth-order valence-corrected chi connectivity index (χ4v) is 2.17. The third-order valence-corrected chi connectivity index (χ3v) is 3.27. The van der Waals surface area contributed by atoms with Gasteiger partial charge in [-0.05, 0) is 25.1 Å². The molecule has 1 aromatic carbocycles. The van der Waals surface area contributed by atoms with Crippen LogP contribution in [0.1, 0.15) is 5.76 Å². The molecule has 0 saturated carbocycles. The first-order chi connectivity index (χ1) is 10.6. The number of rotatable bonds is 3. The second-order valence-corrected chi connectivity index (χ2v) is 4.81. The van der Waals surface area contributed by atoms with Gasteiger partial charge in [0.15, 0.2) is 5.76 Å². The van der Waals surface area contributed by atoms with Crippen LogP contribution in [0, 0.1) is 6.92 Å². The molecular weight excluding hydrogens is 286 g/mol. The molecule has 4 amide bonds. The van der Waals surface area contributed by atoms with E-state index in [1.54, 1.807) is 30.0 Å². The van der Waals surface area contributed by atoms with Gasteiger partial charge in [0.1, 0.15) is 5.69 Å². The van der Waals surface area contributed by atoms with E-state index in [9.17, 15) is 9.59 Å². The van der Waals surface area contributed by atoms with Crippen LogP contribution < -0.4 is 20.9 Å². The Balaban J connectivity index is 1.69. The van der Waals surface area contributed by atoms with Crippen molar-refractivity contribution in [2.75, 3.05) is 28.6 Å². The number of carbonyl (C=O) groups is 2. The van der Waals surface area contributed by atoms with Crippen LogP contribution in [0.3, 0.4) is 0 Å². The highest BCUT2D eigenvalue weighted by molar-refractivity contribution is 6.01. The van der Waals surface area contributed by atoms with Gasteiger partial charge < -0.3 is 20.5 Å². The van der Waals surface area contributed by atoms with E-state index in [0.29, 0.717) is 30.2 Å². The fraction of sp³-hybridized carbons (Fsp3) is 0.214. The summed E-state index contributed by atoms with van der Waals surface area (Å²) in [5.41, 5.74) is 1.82. The molecule has 0 aliphatic carbocycles. The van der Waals surface area contributed by atoms with Crippen molar-refractivity contribution in [1.29, 1.82) is 0 Å². The van der Waals surface area contributed by atoms with E-state index in [2.05, 4.69) is 21.1 Å². The molecule has 1 aliphatic heterocycles. The number of aryl methyl sites for hydroxylation is 1. The SMILES string of the molecule is Cc1oncc1NC(=O)Nc1cccc(N2CCNC2=O)c1. The third-order valence-electron chi connectivity index (χ3n) is 3.27. The van der Waals surface area contributed by atoms with Gasteiger partial charge in [-0.25, -0.2) is 9.59 Å². The highest BCUT2D eigenvalue weighted by atomic mass is 16.5. The molecule has 2 aromatic rings. The van der Waals surface area contributed by atoms with Crippen LogP contribution in [0.4, 0.5) is 26.7 Å². The average molecular weight is 301 g/mol. The lowest BCUT2D eigenvalue weighted by atomic mass is 10.2. The summed E-state index contributed by atoms with van der Waals surface area (Å²) in [6.45, 7) is 2.92. The number of aromatic nitrogens is 1. The molecule has 1 aliphatic rings. The zero-order valence-corrected chi connectivity index (χ0v) is 11.9. The summed E-state index contributed by atoms with van der Waals surface area (Å²) >= 11 is 0. The normalized spacial score (nSPS) is 13.9. The van der Waals surface area contributed by atoms with Crippen molar-refractivity contribution in [3.63, 3.8) is 0 Å². The molecule has 0 spiro atoms. The lowest BCUT2D eigenvalue weighted by Crippen LogP contribution is -2.27. The van der Waals surface area contributed by atoms with Crippen LogP contribution in [0.15, 0.2) is 35.0 Å². The van der Waals surface area contributed by atoms with Gasteiger partial charge in [0.2, 0.25) is 0 Å². The zero-order chi connectivity index (χ0) is 15.5. The Hall–Kier alpha value is -3.03. The van der Waals surface area contributed by atoms with Gasteiger partial charge in [-0.2, -0.15) is 0 Å². The van der Waals surface area contributed by atoms with Crippen LogP contribution in [-0.2, 0) is 0 Å². The number of nitrogens with one attached hydrogen (secondary N) is 3. The van der Waals surface area contributed by atoms with Crippen molar-refractivity contribution in [1.82, 2.24) is 10.5 Å². The van der Waals surface area contributed by atoms with Gasteiger partial charge >= 0.3 is 12.1 Å². The largest absolute Gasteiger partial charge is 0.359 e. The van der Waals surface area contributed by atoms with Crippen molar-refractivity contribution in [2.45, 2.75) is 6.92 Å². The van der Waals surface area contributed by atoms with Crippen molar-refractivity contribution < 1.29 is 14.1 Å². The maximum Gasteiger partial charge on any atom is 0.323 e. The first-order valence-electron chi connectivity index (χ1n) is 6.78. The highest BCUT2D eigenvalue weighted by Gasteiger charge is 2.21. The molecule has 0 atom stereocenters. The van der Waals surface area contributed by atoms with Crippen LogP contribution >= 0.6 is 0 Å². The van der Waals surface area contributed by atoms with E-state index in [0.717, 1.165) is 5.69 Å². The minimum atomic E-state index is -0.408. The maximum absolute atomic E-state index is 11.9. The smallest absolute Gasteiger partial charge is 0.323 e. The standard InChI is InChI=1S/C14H15N5O3/c1-9-12(8-16-22-9)18-13(20)17-10-3-2-4-11(7-10)19-6-5-15-14(19)21/h2-4,7-8H,5-6H2,1H3,(H,15,21)(H2,17,18,20). The van der Waals surface area contributed by atoms with Gasteiger partial charge in [0.05, 0.1) is 6.20 Å². The molecule has 0 bridgehead atoms. The van der Waals surface area contributed by atoms with Crippen molar-refractivity contribution in [2.24, 2.45) is 0 Å². The predicted octanol–water partition coefficient (Wildman–Crippen LogP) is 2.16. The lowest BCUT2D eigenvalue weighted by molar-refractivity contribution is 0.252. The van der Waals surface area contributed by atoms with Gasteiger partial charge in [0, 0.05) is 24.5 Å². The number of benzene rings is 1. The van der Waals surface area contributed by atoms with Crippen LogP contribution in [0.2, 0.25) is 0 Å². The van der Waals surface area contributed by atoms with Crippen molar-refractivity contribution in [3.05, 3.63) is 36.2 Å². The molecule has 3 N–H and O–H groups in total. The Kier molecular flexibility index (Phi) is 3.65. The molecule has 22 heavy (non-hydrogen) atoms. The molecule has 114 valence electrons. The van der Waals surface area contributed by atoms with E-state index in [4.69, 9.17) is 4.52 Å². The lowest BCUT2D eigenvalue weighted by Gasteiger charge is -2.15. The molecule has 0 radical (unpaired) electrons. The summed E-state index contributed by atoms with van der Waals surface area (Å²) in [6, 6.07) is 6.54. The molecule has 1 aromatic heterocycles.